The Kier molecular flexibility index (Phi) is 8.42. The topological polar surface area (TPSA) is 35.5 Å². The van der Waals surface area contributed by atoms with Gasteiger partial charge in [0.25, 0.3) is 0 Å². The molecule has 0 aliphatic heterocycles. The molecule has 0 spiro atoms. The Labute approximate surface area is 113 Å². The summed E-state index contributed by atoms with van der Waals surface area (Å²) in [6, 6.07) is 0. The minimum Gasteiger partial charge on any atom is -0.309 e. The van der Waals surface area contributed by atoms with Gasteiger partial charge in [-0.05, 0) is 38.0 Å². The molecule has 0 heterocycles. The summed E-state index contributed by atoms with van der Waals surface area (Å²) >= 11 is 0. The lowest BCUT2D eigenvalue weighted by atomic mass is 9.83. The summed E-state index contributed by atoms with van der Waals surface area (Å²) in [5.41, 5.74) is 0.203. The zero-order valence-electron chi connectivity index (χ0n) is 13.0. The largest absolute Gasteiger partial charge is 0.330 e. The van der Waals surface area contributed by atoms with Gasteiger partial charge in [-0.2, -0.15) is 0 Å². The molecular weight excluding hydrogens is 247 g/mol. The van der Waals surface area contributed by atoms with Gasteiger partial charge in [0.1, 0.15) is 0 Å². The maximum atomic E-state index is 12.4. The van der Waals surface area contributed by atoms with Crippen LogP contribution in [-0.4, -0.2) is 19.4 Å². The first-order valence-corrected chi connectivity index (χ1v) is 8.85. The van der Waals surface area contributed by atoms with E-state index in [4.69, 9.17) is 9.05 Å². The third kappa shape index (κ3) is 8.29. The van der Waals surface area contributed by atoms with Crippen LogP contribution in [0.1, 0.15) is 60.8 Å². The molecule has 3 nitrogen and oxygen atoms in total. The second kappa shape index (κ2) is 8.35. The van der Waals surface area contributed by atoms with E-state index < -0.39 is 7.60 Å². The molecule has 0 saturated heterocycles. The van der Waals surface area contributed by atoms with Crippen molar-refractivity contribution in [2.24, 2.45) is 11.3 Å². The molecule has 0 aromatic carbocycles. The van der Waals surface area contributed by atoms with Gasteiger partial charge in [-0.3, -0.25) is 4.57 Å². The van der Waals surface area contributed by atoms with Gasteiger partial charge in [0.05, 0.1) is 19.4 Å². The summed E-state index contributed by atoms with van der Waals surface area (Å²) in [4.78, 5) is 0. The van der Waals surface area contributed by atoms with Gasteiger partial charge in [-0.15, -0.1) is 0 Å². The molecule has 0 fully saturated rings. The highest BCUT2D eigenvalue weighted by Crippen LogP contribution is 2.50. The third-order valence-electron chi connectivity index (χ3n) is 3.11. The maximum absolute atomic E-state index is 12.4. The molecule has 0 aliphatic rings. The molecule has 0 saturated carbocycles. The monoisotopic (exact) mass is 278 g/mol. The Balaban J connectivity index is 4.28. The van der Waals surface area contributed by atoms with Crippen LogP contribution in [0.4, 0.5) is 0 Å². The number of hydrogen-bond acceptors (Lipinski definition) is 3. The minimum atomic E-state index is -2.86. The average Bonchev–Trinajstić information content (AvgIpc) is 2.25. The second-order valence-electron chi connectivity index (χ2n) is 6.02. The molecule has 0 unspecified atom stereocenters. The van der Waals surface area contributed by atoms with Crippen molar-refractivity contribution in [2.45, 2.75) is 60.8 Å². The van der Waals surface area contributed by atoms with E-state index in [2.05, 4.69) is 27.7 Å². The minimum absolute atomic E-state index is 0.203. The van der Waals surface area contributed by atoms with Crippen molar-refractivity contribution in [1.82, 2.24) is 0 Å². The molecule has 0 amide bonds. The van der Waals surface area contributed by atoms with Crippen molar-refractivity contribution in [3.63, 3.8) is 0 Å². The second-order valence-corrected chi connectivity index (χ2v) is 8.20. The Morgan fingerprint density at radius 3 is 1.94 bits per heavy atom. The van der Waals surface area contributed by atoms with E-state index in [-0.39, 0.29) is 5.41 Å². The summed E-state index contributed by atoms with van der Waals surface area (Å²) in [5, 5.41) is 0. The van der Waals surface area contributed by atoms with E-state index in [1.807, 2.05) is 13.8 Å². The van der Waals surface area contributed by atoms with Crippen molar-refractivity contribution in [1.29, 1.82) is 0 Å². The Bertz CT molecular complexity index is 252. The van der Waals surface area contributed by atoms with Crippen LogP contribution in [0, 0.1) is 11.3 Å². The van der Waals surface area contributed by atoms with E-state index in [0.29, 0.717) is 19.4 Å². The Morgan fingerprint density at radius 1 is 1.06 bits per heavy atom. The standard InChI is InChI=1S/C14H31O3P/c1-7-16-18(15,17-8-2)12-11-14(5,6)10-9-13(3)4/h13H,7-12H2,1-6H3. The van der Waals surface area contributed by atoms with Crippen LogP contribution in [0.2, 0.25) is 0 Å². The van der Waals surface area contributed by atoms with Crippen molar-refractivity contribution in [3.05, 3.63) is 0 Å². The van der Waals surface area contributed by atoms with Gasteiger partial charge in [0.2, 0.25) is 0 Å². The van der Waals surface area contributed by atoms with E-state index in [1.165, 1.54) is 6.42 Å². The summed E-state index contributed by atoms with van der Waals surface area (Å²) in [6.07, 6.45) is 3.78. The van der Waals surface area contributed by atoms with Crippen molar-refractivity contribution in [2.75, 3.05) is 19.4 Å². The molecule has 0 aliphatic carbocycles. The average molecular weight is 278 g/mol. The van der Waals surface area contributed by atoms with E-state index in [9.17, 15) is 4.57 Å². The fraction of sp³-hybridized carbons (Fsp3) is 1.00. The molecule has 0 rings (SSSR count). The molecule has 0 aromatic heterocycles. The maximum Gasteiger partial charge on any atom is 0.330 e. The lowest BCUT2D eigenvalue weighted by molar-refractivity contribution is 0.211. The molecule has 110 valence electrons. The zero-order valence-corrected chi connectivity index (χ0v) is 13.9. The van der Waals surface area contributed by atoms with Crippen LogP contribution in [0.25, 0.3) is 0 Å². The lowest BCUT2D eigenvalue weighted by Gasteiger charge is -2.27. The predicted molar refractivity (Wildman–Crippen MR) is 78.2 cm³/mol. The van der Waals surface area contributed by atoms with E-state index in [0.717, 1.165) is 18.8 Å². The zero-order chi connectivity index (χ0) is 14.2. The highest BCUT2D eigenvalue weighted by molar-refractivity contribution is 7.53. The first-order valence-electron chi connectivity index (χ1n) is 7.13. The van der Waals surface area contributed by atoms with Gasteiger partial charge in [0, 0.05) is 0 Å². The quantitative estimate of drug-likeness (QED) is 0.521. The normalized spacial score (nSPS) is 13.3. The fourth-order valence-electron chi connectivity index (χ4n) is 1.80. The molecule has 0 N–H and O–H groups in total. The van der Waals surface area contributed by atoms with Gasteiger partial charge < -0.3 is 9.05 Å². The van der Waals surface area contributed by atoms with Gasteiger partial charge in [0.15, 0.2) is 0 Å². The highest BCUT2D eigenvalue weighted by atomic mass is 31.2. The summed E-state index contributed by atoms with van der Waals surface area (Å²) < 4.78 is 23.0. The molecule has 0 bridgehead atoms. The molecule has 18 heavy (non-hydrogen) atoms. The lowest BCUT2D eigenvalue weighted by Crippen LogP contribution is -2.15. The Morgan fingerprint density at radius 2 is 1.56 bits per heavy atom. The van der Waals surface area contributed by atoms with Crippen LogP contribution in [0.15, 0.2) is 0 Å². The van der Waals surface area contributed by atoms with Crippen LogP contribution in [0.5, 0.6) is 0 Å². The van der Waals surface area contributed by atoms with Crippen LogP contribution in [0.3, 0.4) is 0 Å². The number of hydrogen-bond donors (Lipinski definition) is 0. The Hall–Kier alpha value is 0.150. The van der Waals surface area contributed by atoms with Gasteiger partial charge in [-0.1, -0.05) is 34.1 Å². The number of rotatable bonds is 10. The highest BCUT2D eigenvalue weighted by Gasteiger charge is 2.28. The molecule has 4 heteroatoms. The first-order chi connectivity index (χ1) is 8.24. The smallest absolute Gasteiger partial charge is 0.309 e. The molecular formula is C14H31O3P. The molecule has 0 atom stereocenters. The summed E-state index contributed by atoms with van der Waals surface area (Å²) in [6.45, 7) is 13.6. The van der Waals surface area contributed by atoms with Crippen LogP contribution < -0.4 is 0 Å². The van der Waals surface area contributed by atoms with E-state index in [1.54, 1.807) is 0 Å². The van der Waals surface area contributed by atoms with Gasteiger partial charge in [-0.25, -0.2) is 0 Å². The predicted octanol–water partition coefficient (Wildman–Crippen LogP) is 5.11. The summed E-state index contributed by atoms with van der Waals surface area (Å²) in [5.74, 6) is 0.717. The van der Waals surface area contributed by atoms with Crippen LogP contribution >= 0.6 is 7.60 Å². The fourth-order valence-corrected chi connectivity index (χ4v) is 3.80. The van der Waals surface area contributed by atoms with Crippen molar-refractivity contribution in [3.8, 4) is 0 Å². The van der Waals surface area contributed by atoms with Crippen molar-refractivity contribution < 1.29 is 13.6 Å². The van der Waals surface area contributed by atoms with Crippen molar-refractivity contribution >= 4 is 7.60 Å². The first kappa shape index (κ1) is 18.1. The third-order valence-corrected chi connectivity index (χ3v) is 5.19. The van der Waals surface area contributed by atoms with Gasteiger partial charge >= 0.3 is 7.60 Å². The van der Waals surface area contributed by atoms with E-state index >= 15 is 0 Å². The summed E-state index contributed by atoms with van der Waals surface area (Å²) in [7, 11) is -2.86. The molecule has 0 radical (unpaired) electrons. The SMILES string of the molecule is CCOP(=O)(CCC(C)(C)CCC(C)C)OCC. The molecule has 0 aromatic rings. The van der Waals surface area contributed by atoms with Crippen LogP contribution in [-0.2, 0) is 13.6 Å².